The molecule has 1 fully saturated rings. The highest BCUT2D eigenvalue weighted by Crippen LogP contribution is 2.28. The number of carbonyl (C=O) groups is 2. The average Bonchev–Trinajstić information content (AvgIpc) is 2.81. The third kappa shape index (κ3) is 6.99. The predicted octanol–water partition coefficient (Wildman–Crippen LogP) is 4.42. The zero-order chi connectivity index (χ0) is 22.8. The van der Waals surface area contributed by atoms with E-state index in [0.29, 0.717) is 6.54 Å². The van der Waals surface area contributed by atoms with Gasteiger partial charge in [-0.25, -0.2) is 9.59 Å². The van der Waals surface area contributed by atoms with Crippen molar-refractivity contribution < 1.29 is 14.3 Å². The molecule has 2 aromatic carbocycles. The van der Waals surface area contributed by atoms with Crippen LogP contribution in [0.2, 0.25) is 0 Å². The number of likely N-dealkylation sites (tertiary alicyclic amines) is 1. The number of rotatable bonds is 8. The smallest absolute Gasteiger partial charge is 0.411 e. The molecule has 172 valence electrons. The molecule has 32 heavy (non-hydrogen) atoms. The van der Waals surface area contributed by atoms with Crippen molar-refractivity contribution in [2.24, 2.45) is 0 Å². The molecule has 1 saturated heterocycles. The van der Waals surface area contributed by atoms with Crippen LogP contribution >= 0.6 is 0 Å². The minimum Gasteiger partial charge on any atom is -0.446 e. The molecule has 0 aromatic heterocycles. The Balaban J connectivity index is 1.41. The van der Waals surface area contributed by atoms with Gasteiger partial charge in [0.1, 0.15) is 6.10 Å². The van der Waals surface area contributed by atoms with Gasteiger partial charge in [-0.3, -0.25) is 5.32 Å². The lowest BCUT2D eigenvalue weighted by Crippen LogP contribution is -2.44. The van der Waals surface area contributed by atoms with Crippen molar-refractivity contribution in [2.75, 3.05) is 45.1 Å². The summed E-state index contributed by atoms with van der Waals surface area (Å²) < 4.78 is 5.68. The molecule has 2 N–H and O–H groups in total. The molecule has 0 bridgehead atoms. The molecule has 0 saturated carbocycles. The number of urea groups is 1. The zero-order valence-electron chi connectivity index (χ0n) is 19.0. The van der Waals surface area contributed by atoms with Crippen molar-refractivity contribution in [1.82, 2.24) is 15.1 Å². The predicted molar refractivity (Wildman–Crippen MR) is 128 cm³/mol. The molecule has 7 heteroatoms. The maximum absolute atomic E-state index is 12.5. The van der Waals surface area contributed by atoms with E-state index >= 15 is 0 Å². The number of anilines is 1. The number of hydrogen-bond donors (Lipinski definition) is 2. The fourth-order valence-electron chi connectivity index (χ4n) is 3.90. The van der Waals surface area contributed by atoms with Crippen molar-refractivity contribution in [2.45, 2.75) is 32.3 Å². The van der Waals surface area contributed by atoms with Crippen molar-refractivity contribution in [3.8, 4) is 11.1 Å². The number of nitrogens with one attached hydrogen (secondary N) is 2. The normalized spacial score (nSPS) is 14.6. The number of para-hydroxylation sites is 1. The van der Waals surface area contributed by atoms with Gasteiger partial charge in [0.25, 0.3) is 0 Å². The Labute approximate surface area is 190 Å². The summed E-state index contributed by atoms with van der Waals surface area (Å²) in [6.45, 7) is 5.92. The Morgan fingerprint density at radius 2 is 1.75 bits per heavy atom. The van der Waals surface area contributed by atoms with Crippen LogP contribution in [0.1, 0.15) is 26.2 Å². The first-order chi connectivity index (χ1) is 15.6. The summed E-state index contributed by atoms with van der Waals surface area (Å²) in [7, 11) is 1.81. The number of ether oxygens (including phenoxy) is 1. The van der Waals surface area contributed by atoms with Gasteiger partial charge in [-0.1, -0.05) is 55.5 Å². The first-order valence-corrected chi connectivity index (χ1v) is 11.4. The molecular formula is C25H34N4O3. The number of piperidine rings is 1. The standard InChI is InChI=1S/C25H34N4O3/c1-3-16-28(2)24(30)26-15-19-29-17-13-21(14-18-29)32-25(31)27-23-12-8-7-11-22(23)20-9-5-4-6-10-20/h4-12,21H,3,13-19H2,1-2H3,(H,26,30)(H,27,31). The monoisotopic (exact) mass is 438 g/mol. The number of nitrogens with zero attached hydrogens (tertiary/aromatic N) is 2. The summed E-state index contributed by atoms with van der Waals surface area (Å²) in [4.78, 5) is 28.5. The van der Waals surface area contributed by atoms with Gasteiger partial charge in [-0.15, -0.1) is 0 Å². The molecule has 7 nitrogen and oxygen atoms in total. The van der Waals surface area contributed by atoms with Crippen molar-refractivity contribution in [3.05, 3.63) is 54.6 Å². The molecule has 3 amide bonds. The van der Waals surface area contributed by atoms with Crippen molar-refractivity contribution >= 4 is 17.8 Å². The van der Waals surface area contributed by atoms with Crippen LogP contribution in [0.25, 0.3) is 11.1 Å². The summed E-state index contributed by atoms with van der Waals surface area (Å²) in [5.41, 5.74) is 2.75. The maximum atomic E-state index is 12.5. The van der Waals surface area contributed by atoms with Crippen LogP contribution < -0.4 is 10.6 Å². The zero-order valence-corrected chi connectivity index (χ0v) is 19.0. The van der Waals surface area contributed by atoms with E-state index in [1.165, 1.54) is 0 Å². The van der Waals surface area contributed by atoms with Crippen molar-refractivity contribution in [1.29, 1.82) is 0 Å². The van der Waals surface area contributed by atoms with E-state index in [0.717, 1.165) is 62.3 Å². The van der Waals surface area contributed by atoms with E-state index in [9.17, 15) is 9.59 Å². The third-order valence-electron chi connectivity index (χ3n) is 5.67. The second-order valence-corrected chi connectivity index (χ2v) is 8.14. The summed E-state index contributed by atoms with van der Waals surface area (Å²) in [6, 6.07) is 17.7. The van der Waals surface area contributed by atoms with Crippen LogP contribution in [0, 0.1) is 0 Å². The van der Waals surface area contributed by atoms with Gasteiger partial charge in [0, 0.05) is 45.3 Å². The van der Waals surface area contributed by atoms with Gasteiger partial charge in [0.05, 0.1) is 5.69 Å². The van der Waals surface area contributed by atoms with E-state index in [2.05, 4.69) is 22.5 Å². The first kappa shape index (κ1) is 23.6. The van der Waals surface area contributed by atoms with Crippen LogP contribution in [-0.2, 0) is 4.74 Å². The molecule has 0 spiro atoms. The summed E-state index contributed by atoms with van der Waals surface area (Å²) in [5.74, 6) is 0. The Morgan fingerprint density at radius 1 is 1.06 bits per heavy atom. The van der Waals surface area contributed by atoms with Crippen LogP contribution in [0.3, 0.4) is 0 Å². The Kier molecular flexibility index (Phi) is 8.92. The highest BCUT2D eigenvalue weighted by molar-refractivity contribution is 5.91. The van der Waals surface area contributed by atoms with E-state index < -0.39 is 6.09 Å². The highest BCUT2D eigenvalue weighted by atomic mass is 16.6. The van der Waals surface area contributed by atoms with Crippen LogP contribution in [0.4, 0.5) is 15.3 Å². The molecule has 3 rings (SSSR count). The molecule has 2 aromatic rings. The molecule has 1 heterocycles. The molecule has 0 radical (unpaired) electrons. The SMILES string of the molecule is CCCN(C)C(=O)NCCN1CCC(OC(=O)Nc2ccccc2-c2ccccc2)CC1. The van der Waals surface area contributed by atoms with E-state index in [1.807, 2.05) is 61.6 Å². The van der Waals surface area contributed by atoms with E-state index in [-0.39, 0.29) is 12.1 Å². The second-order valence-electron chi connectivity index (χ2n) is 8.14. The number of amides is 3. The summed E-state index contributed by atoms with van der Waals surface area (Å²) in [5, 5.41) is 5.86. The average molecular weight is 439 g/mol. The van der Waals surface area contributed by atoms with E-state index in [1.54, 1.807) is 4.90 Å². The van der Waals surface area contributed by atoms with Crippen LogP contribution in [0.15, 0.2) is 54.6 Å². The Hall–Kier alpha value is -3.06. The third-order valence-corrected chi connectivity index (χ3v) is 5.67. The molecule has 1 aliphatic rings. The molecule has 1 aliphatic heterocycles. The second kappa shape index (κ2) is 12.1. The van der Waals surface area contributed by atoms with Gasteiger partial charge >= 0.3 is 12.1 Å². The topological polar surface area (TPSA) is 73.9 Å². The largest absolute Gasteiger partial charge is 0.446 e. The Morgan fingerprint density at radius 3 is 2.47 bits per heavy atom. The van der Waals surface area contributed by atoms with E-state index in [4.69, 9.17) is 4.74 Å². The number of benzene rings is 2. The maximum Gasteiger partial charge on any atom is 0.411 e. The van der Waals surface area contributed by atoms with Gasteiger partial charge < -0.3 is 19.9 Å². The summed E-state index contributed by atoms with van der Waals surface area (Å²) in [6.07, 6.45) is 2.01. The number of carbonyl (C=O) groups excluding carboxylic acids is 2. The minimum atomic E-state index is -0.418. The minimum absolute atomic E-state index is 0.0301. The lowest BCUT2D eigenvalue weighted by molar-refractivity contribution is 0.0593. The van der Waals surface area contributed by atoms with Crippen molar-refractivity contribution in [3.63, 3.8) is 0 Å². The molecule has 0 aliphatic carbocycles. The lowest BCUT2D eigenvalue weighted by Gasteiger charge is -2.31. The molecule has 0 atom stereocenters. The lowest BCUT2D eigenvalue weighted by atomic mass is 10.0. The fourth-order valence-corrected chi connectivity index (χ4v) is 3.90. The highest BCUT2D eigenvalue weighted by Gasteiger charge is 2.22. The first-order valence-electron chi connectivity index (χ1n) is 11.4. The van der Waals surface area contributed by atoms with Gasteiger partial charge in [-0.2, -0.15) is 0 Å². The molecular weight excluding hydrogens is 404 g/mol. The molecule has 0 unspecified atom stereocenters. The number of hydrogen-bond acceptors (Lipinski definition) is 4. The van der Waals surface area contributed by atoms with Gasteiger partial charge in [-0.05, 0) is 30.9 Å². The van der Waals surface area contributed by atoms with Crippen LogP contribution in [0.5, 0.6) is 0 Å². The Bertz CT molecular complexity index is 867. The van der Waals surface area contributed by atoms with Crippen LogP contribution in [-0.4, -0.2) is 67.8 Å². The van der Waals surface area contributed by atoms with Gasteiger partial charge in [0.2, 0.25) is 0 Å². The summed E-state index contributed by atoms with van der Waals surface area (Å²) >= 11 is 0. The van der Waals surface area contributed by atoms with Gasteiger partial charge in [0.15, 0.2) is 0 Å². The quantitative estimate of drug-likeness (QED) is 0.640. The fraction of sp³-hybridized carbons (Fsp3) is 0.440.